The predicted molar refractivity (Wildman–Crippen MR) is 70.7 cm³/mol. The highest BCUT2D eigenvalue weighted by molar-refractivity contribution is 6.21. The van der Waals surface area contributed by atoms with Crippen LogP contribution in [0.15, 0.2) is 18.2 Å². The number of hydrogen-bond donors (Lipinski definition) is 0. The van der Waals surface area contributed by atoms with Gasteiger partial charge >= 0.3 is 0 Å². The smallest absolute Gasteiger partial charge is 0.262 e. The van der Waals surface area contributed by atoms with Crippen LogP contribution in [0.4, 0.5) is 0 Å². The van der Waals surface area contributed by atoms with Gasteiger partial charge in [-0.2, -0.15) is 0 Å². The second-order valence-corrected chi connectivity index (χ2v) is 5.20. The normalized spacial score (nSPS) is 15.2. The Hall–Kier alpha value is -1.64. The fraction of sp³-hybridized carbons (Fsp3) is 0.467. The maximum Gasteiger partial charge on any atom is 0.262 e. The molecule has 3 heteroatoms. The predicted octanol–water partition coefficient (Wildman–Crippen LogP) is 3.17. The molecule has 0 radical (unpaired) electrons. The lowest BCUT2D eigenvalue weighted by atomic mass is 9.93. The van der Waals surface area contributed by atoms with E-state index in [9.17, 15) is 9.59 Å². The largest absolute Gasteiger partial charge is 0.269 e. The van der Waals surface area contributed by atoms with E-state index in [1.165, 1.54) is 4.90 Å². The summed E-state index contributed by atoms with van der Waals surface area (Å²) < 4.78 is 0. The first-order chi connectivity index (χ1) is 8.44. The van der Waals surface area contributed by atoms with Gasteiger partial charge in [0.15, 0.2) is 0 Å². The number of hydrogen-bond acceptors (Lipinski definition) is 2. The number of fused-ring (bicyclic) bond motifs is 1. The molecule has 1 aromatic rings. The van der Waals surface area contributed by atoms with Crippen LogP contribution in [0.25, 0.3) is 0 Å². The number of imide groups is 1. The van der Waals surface area contributed by atoms with Crippen molar-refractivity contribution < 1.29 is 9.59 Å². The van der Waals surface area contributed by atoms with Gasteiger partial charge < -0.3 is 0 Å². The molecule has 0 saturated heterocycles. The molecule has 0 aromatic heterocycles. The van der Waals surface area contributed by atoms with Crippen molar-refractivity contribution in [3.63, 3.8) is 0 Å². The zero-order valence-electron chi connectivity index (χ0n) is 11.4. The molecule has 3 nitrogen and oxygen atoms in total. The highest BCUT2D eigenvalue weighted by atomic mass is 16.2. The molecule has 1 heterocycles. The van der Waals surface area contributed by atoms with Gasteiger partial charge in [-0.25, -0.2) is 0 Å². The molecule has 1 aliphatic rings. The van der Waals surface area contributed by atoms with E-state index < -0.39 is 0 Å². The van der Waals surface area contributed by atoms with E-state index in [1.807, 2.05) is 33.8 Å². The molecule has 1 aromatic carbocycles. The van der Waals surface area contributed by atoms with E-state index in [-0.39, 0.29) is 17.4 Å². The summed E-state index contributed by atoms with van der Waals surface area (Å²) in [5.74, 6) is -0.300. The van der Waals surface area contributed by atoms with Gasteiger partial charge in [0.25, 0.3) is 11.8 Å². The molecule has 0 aliphatic carbocycles. The molecule has 0 fully saturated rings. The van der Waals surface area contributed by atoms with Gasteiger partial charge in [0.2, 0.25) is 0 Å². The van der Waals surface area contributed by atoms with Gasteiger partial charge in [0.1, 0.15) is 0 Å². The minimum atomic E-state index is -0.388. The van der Waals surface area contributed by atoms with E-state index in [1.54, 1.807) is 12.1 Å². The Morgan fingerprint density at radius 2 is 1.61 bits per heavy atom. The van der Waals surface area contributed by atoms with E-state index >= 15 is 0 Å². The maximum atomic E-state index is 12.4. The van der Waals surface area contributed by atoms with E-state index in [0.29, 0.717) is 11.1 Å². The van der Waals surface area contributed by atoms with Crippen LogP contribution in [0.2, 0.25) is 0 Å². The van der Waals surface area contributed by atoms with Gasteiger partial charge in [0, 0.05) is 5.54 Å². The van der Waals surface area contributed by atoms with Gasteiger partial charge in [-0.05, 0) is 38.8 Å². The average Bonchev–Trinajstić information content (AvgIpc) is 2.61. The number of benzene rings is 1. The van der Waals surface area contributed by atoms with Gasteiger partial charge in [-0.1, -0.05) is 25.5 Å². The highest BCUT2D eigenvalue weighted by Gasteiger charge is 2.44. The standard InChI is InChI=1S/C15H19NO2/c1-5-15(4,6-2)16-13(17)11-8-7-10(3)9-12(11)14(16)18/h7-9H,5-6H2,1-4H3. The fourth-order valence-electron chi connectivity index (χ4n) is 2.41. The molecule has 0 saturated carbocycles. The molecular weight excluding hydrogens is 226 g/mol. The van der Waals surface area contributed by atoms with Crippen LogP contribution < -0.4 is 0 Å². The third-order valence-electron chi connectivity index (χ3n) is 4.11. The Morgan fingerprint density at radius 3 is 2.17 bits per heavy atom. The van der Waals surface area contributed by atoms with Crippen LogP contribution in [0.3, 0.4) is 0 Å². The lowest BCUT2D eigenvalue weighted by Crippen LogP contribution is -2.48. The highest BCUT2D eigenvalue weighted by Crippen LogP contribution is 2.33. The van der Waals surface area contributed by atoms with Crippen molar-refractivity contribution in [2.45, 2.75) is 46.1 Å². The monoisotopic (exact) mass is 245 g/mol. The number of aryl methyl sites for hydroxylation is 1. The van der Waals surface area contributed by atoms with E-state index in [2.05, 4.69) is 0 Å². The number of nitrogens with zero attached hydrogens (tertiary/aromatic N) is 1. The Bertz CT molecular complexity index is 515. The Morgan fingerprint density at radius 1 is 1.06 bits per heavy atom. The third-order valence-corrected chi connectivity index (χ3v) is 4.11. The zero-order chi connectivity index (χ0) is 13.5. The van der Waals surface area contributed by atoms with Crippen molar-refractivity contribution in [3.05, 3.63) is 34.9 Å². The van der Waals surface area contributed by atoms with Crippen molar-refractivity contribution in [1.82, 2.24) is 4.90 Å². The Balaban J connectivity index is 2.52. The Labute approximate surface area is 108 Å². The van der Waals surface area contributed by atoms with Crippen LogP contribution in [0.1, 0.15) is 59.9 Å². The fourth-order valence-corrected chi connectivity index (χ4v) is 2.41. The lowest BCUT2D eigenvalue weighted by Gasteiger charge is -2.35. The summed E-state index contributed by atoms with van der Waals surface area (Å²) in [4.78, 5) is 26.3. The molecule has 1 aliphatic heterocycles. The van der Waals surface area contributed by atoms with Crippen LogP contribution >= 0.6 is 0 Å². The summed E-state index contributed by atoms with van der Waals surface area (Å²) in [5.41, 5.74) is 1.71. The van der Waals surface area contributed by atoms with E-state index in [4.69, 9.17) is 0 Å². The number of carbonyl (C=O) groups excluding carboxylic acids is 2. The number of amides is 2. The quantitative estimate of drug-likeness (QED) is 0.767. The summed E-state index contributed by atoms with van der Waals surface area (Å²) in [6.45, 7) is 7.93. The molecule has 0 N–H and O–H groups in total. The molecule has 96 valence electrons. The summed E-state index contributed by atoms with van der Waals surface area (Å²) in [7, 11) is 0. The molecule has 0 unspecified atom stereocenters. The second kappa shape index (κ2) is 4.23. The zero-order valence-corrected chi connectivity index (χ0v) is 11.4. The first-order valence-corrected chi connectivity index (χ1v) is 6.44. The van der Waals surface area contributed by atoms with Crippen molar-refractivity contribution in [2.75, 3.05) is 0 Å². The first kappa shape index (κ1) is 12.8. The molecule has 2 rings (SSSR count). The third kappa shape index (κ3) is 1.65. The number of rotatable bonds is 3. The first-order valence-electron chi connectivity index (χ1n) is 6.44. The molecule has 0 atom stereocenters. The minimum absolute atomic E-state index is 0.148. The SMILES string of the molecule is CCC(C)(CC)N1C(=O)c2ccc(C)cc2C1=O. The molecule has 18 heavy (non-hydrogen) atoms. The second-order valence-electron chi connectivity index (χ2n) is 5.20. The molecular formula is C15H19NO2. The molecule has 0 bridgehead atoms. The minimum Gasteiger partial charge on any atom is -0.269 e. The van der Waals surface area contributed by atoms with Gasteiger partial charge in [-0.3, -0.25) is 14.5 Å². The van der Waals surface area contributed by atoms with Crippen molar-refractivity contribution in [3.8, 4) is 0 Å². The summed E-state index contributed by atoms with van der Waals surface area (Å²) in [6.07, 6.45) is 1.54. The molecule has 0 spiro atoms. The van der Waals surface area contributed by atoms with Gasteiger partial charge in [0.05, 0.1) is 11.1 Å². The maximum absolute atomic E-state index is 12.4. The number of carbonyl (C=O) groups is 2. The van der Waals surface area contributed by atoms with Crippen LogP contribution in [-0.4, -0.2) is 22.3 Å². The Kier molecular flexibility index (Phi) is 3.01. The van der Waals surface area contributed by atoms with Crippen molar-refractivity contribution in [1.29, 1.82) is 0 Å². The average molecular weight is 245 g/mol. The van der Waals surface area contributed by atoms with Crippen LogP contribution in [0, 0.1) is 6.92 Å². The van der Waals surface area contributed by atoms with Gasteiger partial charge in [-0.15, -0.1) is 0 Å². The topological polar surface area (TPSA) is 37.4 Å². The van der Waals surface area contributed by atoms with Crippen LogP contribution in [-0.2, 0) is 0 Å². The summed E-state index contributed by atoms with van der Waals surface area (Å²) >= 11 is 0. The van der Waals surface area contributed by atoms with Crippen molar-refractivity contribution in [2.24, 2.45) is 0 Å². The van der Waals surface area contributed by atoms with Crippen LogP contribution in [0.5, 0.6) is 0 Å². The van der Waals surface area contributed by atoms with E-state index in [0.717, 1.165) is 18.4 Å². The lowest BCUT2D eigenvalue weighted by molar-refractivity contribution is 0.0435. The molecule has 2 amide bonds. The summed E-state index contributed by atoms with van der Waals surface area (Å²) in [5, 5.41) is 0. The summed E-state index contributed by atoms with van der Waals surface area (Å²) in [6, 6.07) is 5.45. The van der Waals surface area contributed by atoms with Crippen molar-refractivity contribution >= 4 is 11.8 Å².